The van der Waals surface area contributed by atoms with Crippen LogP contribution in [0.3, 0.4) is 0 Å². The lowest BCUT2D eigenvalue weighted by atomic mass is 10.2. The SMILES string of the molecule is COCC(CO)CO.O=S(=O)(O)c1ccccc1. The summed E-state index contributed by atoms with van der Waals surface area (Å²) in [5, 5.41) is 16.8. The van der Waals surface area contributed by atoms with Crippen molar-refractivity contribution in [3.8, 4) is 0 Å². The summed E-state index contributed by atoms with van der Waals surface area (Å²) in [6.45, 7) is 0.404. The van der Waals surface area contributed by atoms with Crippen LogP contribution in [-0.2, 0) is 14.9 Å². The number of methoxy groups -OCH3 is 1. The minimum atomic E-state index is -4.00. The van der Waals surface area contributed by atoms with Gasteiger partial charge in [0, 0.05) is 13.0 Å². The highest BCUT2D eigenvalue weighted by atomic mass is 32.2. The Kier molecular flexibility index (Phi) is 8.51. The van der Waals surface area contributed by atoms with Gasteiger partial charge in [0.25, 0.3) is 10.1 Å². The van der Waals surface area contributed by atoms with E-state index < -0.39 is 10.1 Å². The minimum Gasteiger partial charge on any atom is -0.396 e. The second-order valence-electron chi connectivity index (χ2n) is 3.47. The highest BCUT2D eigenvalue weighted by Gasteiger charge is 2.05. The molecule has 0 amide bonds. The van der Waals surface area contributed by atoms with E-state index in [2.05, 4.69) is 4.74 Å². The highest BCUT2D eigenvalue weighted by Crippen LogP contribution is 2.05. The zero-order valence-corrected chi connectivity index (χ0v) is 10.9. The lowest BCUT2D eigenvalue weighted by Crippen LogP contribution is -2.16. The van der Waals surface area contributed by atoms with Gasteiger partial charge < -0.3 is 14.9 Å². The Bertz CT molecular complexity index is 399. The molecule has 0 aliphatic rings. The molecule has 0 saturated carbocycles. The maximum Gasteiger partial charge on any atom is 0.294 e. The Balaban J connectivity index is 0.000000331. The van der Waals surface area contributed by atoms with E-state index in [1.807, 2.05) is 0 Å². The predicted molar refractivity (Wildman–Crippen MR) is 65.8 cm³/mol. The average Bonchev–Trinajstić information content (AvgIpc) is 2.37. The van der Waals surface area contributed by atoms with Gasteiger partial charge in [0.15, 0.2) is 0 Å². The molecule has 0 heterocycles. The zero-order valence-electron chi connectivity index (χ0n) is 10.1. The first-order valence-electron chi connectivity index (χ1n) is 5.18. The third kappa shape index (κ3) is 7.36. The van der Waals surface area contributed by atoms with Crippen LogP contribution in [0.5, 0.6) is 0 Å². The van der Waals surface area contributed by atoms with Gasteiger partial charge in [-0.15, -0.1) is 0 Å². The summed E-state index contributed by atoms with van der Waals surface area (Å²) in [5.41, 5.74) is 0. The van der Waals surface area contributed by atoms with E-state index in [-0.39, 0.29) is 24.0 Å². The van der Waals surface area contributed by atoms with Crippen molar-refractivity contribution in [1.29, 1.82) is 0 Å². The van der Waals surface area contributed by atoms with Crippen LogP contribution in [0.1, 0.15) is 0 Å². The molecule has 0 aromatic heterocycles. The number of benzene rings is 1. The fourth-order valence-electron chi connectivity index (χ4n) is 0.991. The molecule has 0 fully saturated rings. The van der Waals surface area contributed by atoms with Gasteiger partial charge in [-0.05, 0) is 12.1 Å². The first kappa shape index (κ1) is 17.0. The molecule has 1 aromatic rings. The normalized spacial score (nSPS) is 10.9. The van der Waals surface area contributed by atoms with Crippen LogP contribution in [-0.4, -0.2) is 50.1 Å². The molecule has 18 heavy (non-hydrogen) atoms. The largest absolute Gasteiger partial charge is 0.396 e. The molecular weight excluding hydrogens is 260 g/mol. The molecule has 0 spiro atoms. The molecule has 0 aliphatic heterocycles. The molecule has 7 heteroatoms. The average molecular weight is 278 g/mol. The van der Waals surface area contributed by atoms with Crippen LogP contribution in [0, 0.1) is 5.92 Å². The minimum absolute atomic E-state index is 0.00958. The predicted octanol–water partition coefficient (Wildman–Crippen LogP) is 0.167. The number of rotatable bonds is 5. The molecule has 6 nitrogen and oxygen atoms in total. The topological polar surface area (TPSA) is 104 Å². The van der Waals surface area contributed by atoms with Crippen LogP contribution < -0.4 is 0 Å². The first-order chi connectivity index (χ1) is 8.45. The van der Waals surface area contributed by atoms with Crippen molar-refractivity contribution in [2.45, 2.75) is 4.90 Å². The highest BCUT2D eigenvalue weighted by molar-refractivity contribution is 7.85. The molecule has 3 N–H and O–H groups in total. The molecule has 0 atom stereocenters. The summed E-state index contributed by atoms with van der Waals surface area (Å²) >= 11 is 0. The third-order valence-electron chi connectivity index (χ3n) is 1.96. The smallest absolute Gasteiger partial charge is 0.294 e. The van der Waals surface area contributed by atoms with Crippen LogP contribution in [0.4, 0.5) is 0 Å². The summed E-state index contributed by atoms with van der Waals surface area (Å²) in [6.07, 6.45) is 0. The Morgan fingerprint density at radius 3 is 1.89 bits per heavy atom. The summed E-state index contributed by atoms with van der Waals surface area (Å²) in [7, 11) is -2.46. The van der Waals surface area contributed by atoms with E-state index in [1.54, 1.807) is 25.3 Å². The molecule has 0 radical (unpaired) electrons. The molecule has 1 rings (SSSR count). The van der Waals surface area contributed by atoms with Gasteiger partial charge >= 0.3 is 0 Å². The van der Waals surface area contributed by atoms with E-state index >= 15 is 0 Å². The van der Waals surface area contributed by atoms with E-state index in [0.29, 0.717) is 6.61 Å². The lowest BCUT2D eigenvalue weighted by Gasteiger charge is -2.06. The van der Waals surface area contributed by atoms with Gasteiger partial charge in [0.05, 0.1) is 24.7 Å². The summed E-state index contributed by atoms with van der Waals surface area (Å²) in [6, 6.07) is 7.42. The van der Waals surface area contributed by atoms with Gasteiger partial charge in [0.1, 0.15) is 0 Å². The maximum atomic E-state index is 10.4. The quantitative estimate of drug-likeness (QED) is 0.663. The standard InChI is InChI=1S/C6H6O3S.C5H12O3/c7-10(8,9)6-4-2-1-3-5-6;1-8-4-5(2-6)3-7/h1-5H,(H,7,8,9);5-7H,2-4H2,1H3. The first-order valence-corrected chi connectivity index (χ1v) is 6.62. The van der Waals surface area contributed by atoms with Crippen molar-refractivity contribution in [2.75, 3.05) is 26.9 Å². The molecule has 0 bridgehead atoms. The van der Waals surface area contributed by atoms with Crippen LogP contribution in [0.2, 0.25) is 0 Å². The van der Waals surface area contributed by atoms with E-state index in [0.717, 1.165) is 0 Å². The van der Waals surface area contributed by atoms with Crippen molar-refractivity contribution in [1.82, 2.24) is 0 Å². The van der Waals surface area contributed by atoms with Crippen LogP contribution >= 0.6 is 0 Å². The fourth-order valence-corrected chi connectivity index (χ4v) is 1.49. The lowest BCUT2D eigenvalue weighted by molar-refractivity contribution is 0.0710. The summed E-state index contributed by atoms with van der Waals surface area (Å²) in [5.74, 6) is -0.111. The Hall–Kier alpha value is -0.990. The summed E-state index contributed by atoms with van der Waals surface area (Å²) < 4.78 is 33.9. The maximum absolute atomic E-state index is 10.4. The van der Waals surface area contributed by atoms with Gasteiger partial charge in [-0.1, -0.05) is 18.2 Å². The van der Waals surface area contributed by atoms with Crippen molar-refractivity contribution >= 4 is 10.1 Å². The monoisotopic (exact) mass is 278 g/mol. The number of hydrogen-bond acceptors (Lipinski definition) is 5. The van der Waals surface area contributed by atoms with Crippen molar-refractivity contribution in [3.05, 3.63) is 30.3 Å². The molecule has 0 aliphatic carbocycles. The number of ether oxygens (including phenoxy) is 1. The van der Waals surface area contributed by atoms with Gasteiger partial charge in [-0.2, -0.15) is 8.42 Å². The van der Waals surface area contributed by atoms with Gasteiger partial charge in [0.2, 0.25) is 0 Å². The Morgan fingerprint density at radius 1 is 1.17 bits per heavy atom. The Morgan fingerprint density at radius 2 is 1.67 bits per heavy atom. The van der Waals surface area contributed by atoms with Gasteiger partial charge in [-0.3, -0.25) is 4.55 Å². The van der Waals surface area contributed by atoms with Crippen molar-refractivity contribution < 1.29 is 27.9 Å². The second-order valence-corrected chi connectivity index (χ2v) is 4.90. The molecule has 0 unspecified atom stereocenters. The molecule has 104 valence electrons. The van der Waals surface area contributed by atoms with E-state index in [4.69, 9.17) is 14.8 Å². The zero-order chi connectivity index (χ0) is 14.0. The third-order valence-corrected chi connectivity index (χ3v) is 2.83. The molecule has 1 aromatic carbocycles. The second kappa shape index (κ2) is 9.01. The number of aliphatic hydroxyl groups excluding tert-OH is 2. The van der Waals surface area contributed by atoms with E-state index in [9.17, 15) is 8.42 Å². The Labute approximate surface area is 107 Å². The fraction of sp³-hybridized carbons (Fsp3) is 0.455. The van der Waals surface area contributed by atoms with Crippen LogP contribution in [0.25, 0.3) is 0 Å². The van der Waals surface area contributed by atoms with Crippen molar-refractivity contribution in [3.63, 3.8) is 0 Å². The van der Waals surface area contributed by atoms with Crippen LogP contribution in [0.15, 0.2) is 35.2 Å². The molecule has 0 saturated heterocycles. The summed E-state index contributed by atoms with van der Waals surface area (Å²) in [4.78, 5) is -0.0741. The number of hydrogen-bond donors (Lipinski definition) is 3. The number of aliphatic hydroxyl groups is 2. The van der Waals surface area contributed by atoms with E-state index in [1.165, 1.54) is 12.1 Å². The van der Waals surface area contributed by atoms with Crippen molar-refractivity contribution in [2.24, 2.45) is 5.92 Å². The van der Waals surface area contributed by atoms with Gasteiger partial charge in [-0.25, -0.2) is 0 Å². The molecular formula is C11H18O6S.